The number of rotatable bonds is 4. The molecule has 0 aliphatic carbocycles. The van der Waals surface area contributed by atoms with E-state index in [-0.39, 0.29) is 4.90 Å². The lowest BCUT2D eigenvalue weighted by molar-refractivity contribution is 0.521. The van der Waals surface area contributed by atoms with E-state index in [0.29, 0.717) is 0 Å². The van der Waals surface area contributed by atoms with Crippen molar-refractivity contribution in [2.75, 3.05) is 26.0 Å². The zero-order chi connectivity index (χ0) is 19.2. The number of anilines is 1. The van der Waals surface area contributed by atoms with Gasteiger partial charge in [0.2, 0.25) is 10.0 Å². The van der Waals surface area contributed by atoms with Crippen molar-refractivity contribution in [3.05, 3.63) is 54.0 Å². The van der Waals surface area contributed by atoms with E-state index in [1.165, 1.54) is 24.0 Å². The lowest BCUT2D eigenvalue weighted by atomic mass is 10.1. The number of hydrogen-bond acceptors (Lipinski definition) is 5. The van der Waals surface area contributed by atoms with Crippen LogP contribution < -0.4 is 5.32 Å². The molecule has 3 aromatic rings. The summed E-state index contributed by atoms with van der Waals surface area (Å²) in [5, 5.41) is 7.95. The van der Waals surface area contributed by atoms with Crippen molar-refractivity contribution >= 4 is 15.8 Å². The molecule has 0 radical (unpaired) electrons. The first-order valence-electron chi connectivity index (χ1n) is 8.69. The first-order chi connectivity index (χ1) is 12.9. The van der Waals surface area contributed by atoms with Crippen molar-refractivity contribution < 1.29 is 8.42 Å². The monoisotopic (exact) mass is 383 g/mol. The molecule has 4 rings (SSSR count). The first kappa shape index (κ1) is 17.7. The number of benzene rings is 1. The first-order valence-corrected chi connectivity index (χ1v) is 10.1. The maximum Gasteiger partial charge on any atom is 0.242 e. The lowest BCUT2D eigenvalue weighted by Crippen LogP contribution is -2.22. The fraction of sp³-hybridized carbons (Fsp3) is 0.263. The topological polar surface area (TPSA) is 80.1 Å². The van der Waals surface area contributed by atoms with Gasteiger partial charge in [-0.1, -0.05) is 12.1 Å². The average molecular weight is 383 g/mol. The SMILES string of the molecule is Cc1nn(-c2ccnc3c2CCN3)cc1-c1ccc(S(=O)(=O)N(C)C)cc1. The van der Waals surface area contributed by atoms with Gasteiger partial charge in [-0.15, -0.1) is 0 Å². The summed E-state index contributed by atoms with van der Waals surface area (Å²) in [4.78, 5) is 4.64. The van der Waals surface area contributed by atoms with Crippen LogP contribution in [-0.4, -0.2) is 48.1 Å². The summed E-state index contributed by atoms with van der Waals surface area (Å²) < 4.78 is 27.6. The van der Waals surface area contributed by atoms with E-state index in [2.05, 4.69) is 15.4 Å². The van der Waals surface area contributed by atoms with Gasteiger partial charge in [-0.2, -0.15) is 5.10 Å². The van der Waals surface area contributed by atoms with Crippen LogP contribution in [0.4, 0.5) is 5.82 Å². The van der Waals surface area contributed by atoms with Gasteiger partial charge >= 0.3 is 0 Å². The molecule has 0 spiro atoms. The van der Waals surface area contributed by atoms with E-state index in [0.717, 1.165) is 41.3 Å². The van der Waals surface area contributed by atoms with Crippen LogP contribution in [0.15, 0.2) is 47.6 Å². The van der Waals surface area contributed by atoms with Crippen molar-refractivity contribution in [2.24, 2.45) is 0 Å². The molecule has 3 heterocycles. The minimum absolute atomic E-state index is 0.277. The molecule has 8 heteroatoms. The zero-order valence-corrected chi connectivity index (χ0v) is 16.3. The number of fused-ring (bicyclic) bond motifs is 1. The van der Waals surface area contributed by atoms with Crippen LogP contribution in [0.25, 0.3) is 16.8 Å². The highest BCUT2D eigenvalue weighted by atomic mass is 32.2. The number of aryl methyl sites for hydroxylation is 1. The van der Waals surface area contributed by atoms with Gasteiger partial charge in [-0.25, -0.2) is 22.4 Å². The molecule has 2 aromatic heterocycles. The van der Waals surface area contributed by atoms with Gasteiger partial charge in [0.25, 0.3) is 0 Å². The maximum absolute atomic E-state index is 12.2. The minimum Gasteiger partial charge on any atom is -0.369 e. The molecule has 1 aliphatic heterocycles. The maximum atomic E-state index is 12.2. The average Bonchev–Trinajstić information content (AvgIpc) is 3.28. The van der Waals surface area contributed by atoms with E-state index in [1.54, 1.807) is 18.3 Å². The smallest absolute Gasteiger partial charge is 0.242 e. The van der Waals surface area contributed by atoms with E-state index >= 15 is 0 Å². The molecular formula is C19H21N5O2S. The Bertz CT molecular complexity index is 1100. The summed E-state index contributed by atoms with van der Waals surface area (Å²) in [6.45, 7) is 2.84. The van der Waals surface area contributed by atoms with Crippen LogP contribution in [0.3, 0.4) is 0 Å². The van der Waals surface area contributed by atoms with Crippen molar-refractivity contribution in [2.45, 2.75) is 18.2 Å². The van der Waals surface area contributed by atoms with E-state index in [1.807, 2.05) is 36.0 Å². The molecule has 1 aliphatic rings. The standard InChI is InChI=1S/C19H21N5O2S/c1-13-17(14-4-6-15(7-5-14)27(25,26)23(2)3)12-24(22-13)18-9-11-21-19-16(18)8-10-20-19/h4-7,9,11-12H,8,10H2,1-3H3,(H,20,21). The second kappa shape index (κ2) is 6.47. The van der Waals surface area contributed by atoms with Crippen molar-refractivity contribution in [1.29, 1.82) is 0 Å². The Labute approximate surface area is 158 Å². The van der Waals surface area contributed by atoms with Gasteiger partial charge in [0, 0.05) is 44.2 Å². The molecule has 140 valence electrons. The van der Waals surface area contributed by atoms with Crippen LogP contribution in [-0.2, 0) is 16.4 Å². The third-order valence-electron chi connectivity index (χ3n) is 4.79. The molecule has 27 heavy (non-hydrogen) atoms. The molecule has 0 atom stereocenters. The van der Waals surface area contributed by atoms with Gasteiger partial charge in [0.05, 0.1) is 16.3 Å². The summed E-state index contributed by atoms with van der Waals surface area (Å²) in [6, 6.07) is 8.88. The number of aromatic nitrogens is 3. The number of pyridine rings is 1. The Balaban J connectivity index is 1.72. The number of nitrogens with one attached hydrogen (secondary N) is 1. The van der Waals surface area contributed by atoms with Gasteiger partial charge in [-0.05, 0) is 37.1 Å². The summed E-state index contributed by atoms with van der Waals surface area (Å²) in [5.74, 6) is 0.917. The number of nitrogens with zero attached hydrogens (tertiary/aromatic N) is 4. The fourth-order valence-electron chi connectivity index (χ4n) is 3.29. The molecule has 0 fully saturated rings. The predicted molar refractivity (Wildman–Crippen MR) is 105 cm³/mol. The Hall–Kier alpha value is -2.71. The van der Waals surface area contributed by atoms with Crippen LogP contribution in [0.1, 0.15) is 11.3 Å². The van der Waals surface area contributed by atoms with Crippen LogP contribution in [0, 0.1) is 6.92 Å². The highest BCUT2D eigenvalue weighted by molar-refractivity contribution is 7.89. The Morgan fingerprint density at radius 3 is 2.59 bits per heavy atom. The summed E-state index contributed by atoms with van der Waals surface area (Å²) in [6.07, 6.45) is 4.69. The van der Waals surface area contributed by atoms with Gasteiger partial charge in [0.1, 0.15) is 5.82 Å². The Morgan fingerprint density at radius 2 is 1.89 bits per heavy atom. The molecule has 1 N–H and O–H groups in total. The normalized spacial score (nSPS) is 13.6. The summed E-state index contributed by atoms with van der Waals surface area (Å²) >= 11 is 0. The highest BCUT2D eigenvalue weighted by Crippen LogP contribution is 2.29. The number of hydrogen-bond donors (Lipinski definition) is 1. The molecule has 0 amide bonds. The Kier molecular flexibility index (Phi) is 4.24. The zero-order valence-electron chi connectivity index (χ0n) is 15.5. The fourth-order valence-corrected chi connectivity index (χ4v) is 4.19. The molecule has 0 saturated carbocycles. The van der Waals surface area contributed by atoms with Crippen LogP contribution >= 0.6 is 0 Å². The minimum atomic E-state index is -3.43. The highest BCUT2D eigenvalue weighted by Gasteiger charge is 2.19. The quantitative estimate of drug-likeness (QED) is 0.749. The molecule has 0 saturated heterocycles. The van der Waals surface area contributed by atoms with Gasteiger partial charge in [-0.3, -0.25) is 0 Å². The third kappa shape index (κ3) is 3.00. The van der Waals surface area contributed by atoms with Crippen molar-refractivity contribution in [3.63, 3.8) is 0 Å². The Morgan fingerprint density at radius 1 is 1.15 bits per heavy atom. The van der Waals surface area contributed by atoms with E-state index < -0.39 is 10.0 Å². The van der Waals surface area contributed by atoms with E-state index in [9.17, 15) is 8.42 Å². The van der Waals surface area contributed by atoms with Crippen molar-refractivity contribution in [1.82, 2.24) is 19.1 Å². The van der Waals surface area contributed by atoms with E-state index in [4.69, 9.17) is 0 Å². The third-order valence-corrected chi connectivity index (χ3v) is 6.62. The van der Waals surface area contributed by atoms with Gasteiger partial charge in [0.15, 0.2) is 0 Å². The molecule has 7 nitrogen and oxygen atoms in total. The summed E-state index contributed by atoms with van der Waals surface area (Å²) in [5.41, 5.74) is 4.97. The molecule has 0 bridgehead atoms. The molecular weight excluding hydrogens is 362 g/mol. The molecule has 1 aromatic carbocycles. The predicted octanol–water partition coefficient (Wildman–Crippen LogP) is 2.46. The van der Waals surface area contributed by atoms with Gasteiger partial charge < -0.3 is 5.32 Å². The number of sulfonamides is 1. The second-order valence-corrected chi connectivity index (χ2v) is 8.87. The largest absolute Gasteiger partial charge is 0.369 e. The van der Waals surface area contributed by atoms with Crippen LogP contribution in [0.5, 0.6) is 0 Å². The second-order valence-electron chi connectivity index (χ2n) is 6.72. The lowest BCUT2D eigenvalue weighted by Gasteiger charge is -2.11. The summed E-state index contributed by atoms with van der Waals surface area (Å²) in [7, 11) is -0.378. The van der Waals surface area contributed by atoms with Crippen molar-refractivity contribution in [3.8, 4) is 16.8 Å². The molecule has 0 unspecified atom stereocenters. The van der Waals surface area contributed by atoms with Crippen LogP contribution in [0.2, 0.25) is 0 Å².